The first-order valence-electron chi connectivity index (χ1n) is 7.76. The van der Waals surface area contributed by atoms with E-state index in [1.807, 2.05) is 29.2 Å². The average Bonchev–Trinajstić information content (AvgIpc) is 2.55. The molecule has 2 aliphatic rings. The Morgan fingerprint density at radius 2 is 1.52 bits per heavy atom. The van der Waals surface area contributed by atoms with E-state index >= 15 is 0 Å². The highest BCUT2D eigenvalue weighted by atomic mass is 19.4. The fourth-order valence-electron chi connectivity index (χ4n) is 2.37. The minimum absolute atomic E-state index is 0.111. The van der Waals surface area contributed by atoms with E-state index < -0.39 is 12.8 Å². The third kappa shape index (κ3) is 7.09. The van der Waals surface area contributed by atoms with Gasteiger partial charge in [0.05, 0.1) is 6.73 Å². The number of nitrogens with zero attached hydrogens (tertiary/aromatic N) is 1. The zero-order valence-corrected chi connectivity index (χ0v) is 13.0. The second kappa shape index (κ2) is 8.98. The van der Waals surface area contributed by atoms with E-state index in [-0.39, 0.29) is 6.73 Å². The molecule has 0 radical (unpaired) electrons. The van der Waals surface area contributed by atoms with Gasteiger partial charge < -0.3 is 14.2 Å². The van der Waals surface area contributed by atoms with E-state index in [1.165, 1.54) is 6.42 Å². The van der Waals surface area contributed by atoms with E-state index in [0.717, 1.165) is 37.4 Å². The van der Waals surface area contributed by atoms with Crippen molar-refractivity contribution in [1.29, 1.82) is 0 Å². The summed E-state index contributed by atoms with van der Waals surface area (Å²) in [6, 6.07) is 7.70. The molecule has 0 aliphatic carbocycles. The van der Waals surface area contributed by atoms with Crippen molar-refractivity contribution in [2.75, 3.05) is 39.6 Å². The molecule has 23 heavy (non-hydrogen) atoms. The van der Waals surface area contributed by atoms with Crippen molar-refractivity contribution in [3.63, 3.8) is 0 Å². The molecule has 1 saturated heterocycles. The van der Waals surface area contributed by atoms with Gasteiger partial charge >= 0.3 is 6.18 Å². The van der Waals surface area contributed by atoms with Gasteiger partial charge in [-0.15, -0.1) is 0 Å². The van der Waals surface area contributed by atoms with Crippen LogP contribution in [0.2, 0.25) is 0 Å². The second-order valence-electron chi connectivity index (χ2n) is 5.42. The zero-order valence-electron chi connectivity index (χ0n) is 13.0. The van der Waals surface area contributed by atoms with Crippen molar-refractivity contribution in [3.8, 4) is 11.5 Å². The normalized spacial score (nSPS) is 18.0. The molecular weight excluding hydrogens is 311 g/mol. The molecule has 1 aromatic carbocycles. The van der Waals surface area contributed by atoms with E-state index in [2.05, 4.69) is 4.74 Å². The standard InChI is InChI=1S/C8H14F3NO.C8H8O2/c9-8(10,11)6-13-7-12-4-2-1-3-5-12;1-2-4-8-7(3-1)9-5-6-10-8/h1-7H2;1-4H,5-6H2. The molecule has 7 heteroatoms. The molecule has 4 nitrogen and oxygen atoms in total. The van der Waals surface area contributed by atoms with Crippen LogP contribution in [-0.4, -0.2) is 50.7 Å². The molecule has 2 heterocycles. The molecule has 2 aliphatic heterocycles. The Bertz CT molecular complexity index is 437. The molecule has 1 fully saturated rings. The number of alkyl halides is 3. The number of fused-ring (bicyclic) bond motifs is 1. The van der Waals surface area contributed by atoms with Gasteiger partial charge in [0.1, 0.15) is 19.8 Å². The molecule has 0 spiro atoms. The van der Waals surface area contributed by atoms with Gasteiger partial charge in [0.15, 0.2) is 11.5 Å². The number of benzene rings is 1. The summed E-state index contributed by atoms with van der Waals surface area (Å²) < 4.78 is 50.1. The lowest BCUT2D eigenvalue weighted by Gasteiger charge is -2.26. The molecule has 1 aromatic rings. The van der Waals surface area contributed by atoms with Gasteiger partial charge in [-0.05, 0) is 25.0 Å². The van der Waals surface area contributed by atoms with Gasteiger partial charge in [0.25, 0.3) is 0 Å². The molecule has 0 saturated carbocycles. The Morgan fingerprint density at radius 1 is 0.957 bits per heavy atom. The fraction of sp³-hybridized carbons (Fsp3) is 0.625. The summed E-state index contributed by atoms with van der Waals surface area (Å²) in [6.07, 6.45) is -0.893. The number of likely N-dealkylation sites (tertiary alicyclic amines) is 1. The quantitative estimate of drug-likeness (QED) is 0.848. The third-order valence-electron chi connectivity index (χ3n) is 3.44. The molecule has 0 unspecified atom stereocenters. The Balaban J connectivity index is 0.000000172. The van der Waals surface area contributed by atoms with Crippen molar-refractivity contribution in [1.82, 2.24) is 4.90 Å². The molecule has 130 valence electrons. The molecule has 0 aromatic heterocycles. The van der Waals surface area contributed by atoms with Crippen LogP contribution in [-0.2, 0) is 4.74 Å². The first kappa shape index (κ1) is 17.9. The molecular formula is C16H22F3NO3. The van der Waals surface area contributed by atoms with Gasteiger partial charge in [-0.25, -0.2) is 0 Å². The average molecular weight is 333 g/mol. The van der Waals surface area contributed by atoms with Crippen molar-refractivity contribution in [2.45, 2.75) is 25.4 Å². The first-order chi connectivity index (χ1) is 11.0. The maximum absolute atomic E-state index is 11.7. The van der Waals surface area contributed by atoms with Crippen LogP contribution in [0.5, 0.6) is 11.5 Å². The van der Waals surface area contributed by atoms with Gasteiger partial charge in [-0.1, -0.05) is 18.6 Å². The highest BCUT2D eigenvalue weighted by Crippen LogP contribution is 2.28. The maximum Gasteiger partial charge on any atom is 0.411 e. The van der Waals surface area contributed by atoms with Crippen LogP contribution in [0.25, 0.3) is 0 Å². The highest BCUT2D eigenvalue weighted by Gasteiger charge is 2.27. The van der Waals surface area contributed by atoms with Crippen LogP contribution in [0.4, 0.5) is 13.2 Å². The van der Waals surface area contributed by atoms with Crippen LogP contribution < -0.4 is 9.47 Å². The number of hydrogen-bond donors (Lipinski definition) is 0. The van der Waals surface area contributed by atoms with Crippen LogP contribution in [0.15, 0.2) is 24.3 Å². The highest BCUT2D eigenvalue weighted by molar-refractivity contribution is 5.40. The lowest BCUT2D eigenvalue weighted by Crippen LogP contribution is -2.33. The third-order valence-corrected chi connectivity index (χ3v) is 3.44. The van der Waals surface area contributed by atoms with E-state index in [9.17, 15) is 13.2 Å². The zero-order chi connectivity index (χ0) is 16.5. The van der Waals surface area contributed by atoms with Crippen molar-refractivity contribution < 1.29 is 27.4 Å². The summed E-state index contributed by atoms with van der Waals surface area (Å²) in [6.45, 7) is 2.02. The number of para-hydroxylation sites is 2. The number of halogens is 3. The van der Waals surface area contributed by atoms with Crippen LogP contribution in [0.3, 0.4) is 0 Å². The SMILES string of the molecule is FC(F)(F)COCN1CCCCC1.c1ccc2c(c1)OCCO2. The van der Waals surface area contributed by atoms with Crippen LogP contribution in [0.1, 0.15) is 19.3 Å². The Hall–Kier alpha value is -1.47. The van der Waals surface area contributed by atoms with Crippen LogP contribution in [0, 0.1) is 0 Å². The number of piperidine rings is 1. The summed E-state index contributed by atoms with van der Waals surface area (Å²) in [5.41, 5.74) is 0. The largest absolute Gasteiger partial charge is 0.486 e. The van der Waals surface area contributed by atoms with Crippen molar-refractivity contribution in [3.05, 3.63) is 24.3 Å². The maximum atomic E-state index is 11.7. The van der Waals surface area contributed by atoms with Crippen molar-refractivity contribution in [2.24, 2.45) is 0 Å². The fourth-order valence-corrected chi connectivity index (χ4v) is 2.37. The van der Waals surface area contributed by atoms with E-state index in [1.54, 1.807) is 0 Å². The minimum atomic E-state index is -4.20. The lowest BCUT2D eigenvalue weighted by atomic mass is 10.1. The summed E-state index contributed by atoms with van der Waals surface area (Å²) in [4.78, 5) is 1.91. The summed E-state index contributed by atoms with van der Waals surface area (Å²) in [7, 11) is 0. The number of rotatable bonds is 3. The lowest BCUT2D eigenvalue weighted by molar-refractivity contribution is -0.183. The monoisotopic (exact) mass is 333 g/mol. The van der Waals surface area contributed by atoms with Crippen LogP contribution >= 0.6 is 0 Å². The molecule has 0 atom stereocenters. The second-order valence-corrected chi connectivity index (χ2v) is 5.42. The minimum Gasteiger partial charge on any atom is -0.486 e. The van der Waals surface area contributed by atoms with Crippen molar-refractivity contribution >= 4 is 0 Å². The Labute approximate surface area is 134 Å². The van der Waals surface area contributed by atoms with E-state index in [0.29, 0.717) is 13.2 Å². The molecule has 0 N–H and O–H groups in total. The number of hydrogen-bond acceptors (Lipinski definition) is 4. The van der Waals surface area contributed by atoms with Gasteiger partial charge in [0, 0.05) is 13.1 Å². The van der Waals surface area contributed by atoms with Gasteiger partial charge in [-0.3, -0.25) is 4.90 Å². The molecule has 0 amide bonds. The topological polar surface area (TPSA) is 30.9 Å². The smallest absolute Gasteiger partial charge is 0.411 e. The first-order valence-corrected chi connectivity index (χ1v) is 7.76. The Kier molecular flexibility index (Phi) is 6.98. The summed E-state index contributed by atoms with van der Waals surface area (Å²) >= 11 is 0. The predicted octanol–water partition coefficient (Wildman–Crippen LogP) is 3.47. The van der Waals surface area contributed by atoms with E-state index in [4.69, 9.17) is 9.47 Å². The number of ether oxygens (including phenoxy) is 3. The summed E-state index contributed by atoms with van der Waals surface area (Å²) in [5, 5.41) is 0. The molecule has 3 rings (SSSR count). The van der Waals surface area contributed by atoms with Gasteiger partial charge in [0.2, 0.25) is 0 Å². The van der Waals surface area contributed by atoms with Gasteiger partial charge in [-0.2, -0.15) is 13.2 Å². The summed E-state index contributed by atoms with van der Waals surface area (Å²) in [5.74, 6) is 1.71. The molecule has 0 bridgehead atoms. The predicted molar refractivity (Wildman–Crippen MR) is 79.7 cm³/mol. The Morgan fingerprint density at radius 3 is 2.04 bits per heavy atom.